The summed E-state index contributed by atoms with van der Waals surface area (Å²) in [6, 6.07) is 100. The van der Waals surface area contributed by atoms with E-state index in [4.69, 9.17) is 0 Å². The molecule has 0 fully saturated rings. The first-order valence-electron chi connectivity index (χ1n) is 43.4. The number of nitrogens with zero attached hydrogens (tertiary/aromatic N) is 17. The van der Waals surface area contributed by atoms with Crippen LogP contribution in [-0.4, -0.2) is 85.0 Å². The third-order valence-corrected chi connectivity index (χ3v) is 21.0. The number of para-hydroxylation sites is 1. The van der Waals surface area contributed by atoms with E-state index in [1.54, 1.807) is 37.3 Å². The van der Waals surface area contributed by atoms with E-state index >= 15 is 0 Å². The van der Waals surface area contributed by atoms with Crippen LogP contribution in [0.2, 0.25) is 0 Å². The lowest BCUT2D eigenvalue weighted by molar-refractivity contribution is 1.07. The van der Waals surface area contributed by atoms with Crippen molar-refractivity contribution in [1.29, 1.82) is 0 Å². The summed E-state index contributed by atoms with van der Waals surface area (Å²) in [6.07, 6.45) is 32.3. The van der Waals surface area contributed by atoms with Crippen molar-refractivity contribution in [1.82, 2.24) is 85.0 Å². The highest BCUT2D eigenvalue weighted by molar-refractivity contribution is 5.88. The molecule has 0 atom stereocenters. The Morgan fingerprint density at radius 3 is 1.31 bits per heavy atom. The molecule has 24 aromatic rings. The first-order valence-corrected chi connectivity index (χ1v) is 43.4. The van der Waals surface area contributed by atoms with Crippen molar-refractivity contribution in [3.05, 3.63) is 476 Å². The Morgan fingerprint density at radius 1 is 0.182 bits per heavy atom. The molecule has 0 unspecified atom stereocenters. The second-order valence-electron chi connectivity index (χ2n) is 31.5. The van der Waals surface area contributed by atoms with Gasteiger partial charge in [-0.25, -0.2) is 19.9 Å². The third kappa shape index (κ3) is 27.6. The average molecular weight is 1720 g/mol. The lowest BCUT2D eigenvalue weighted by Gasteiger charge is -1.98. The summed E-state index contributed by atoms with van der Waals surface area (Å²) in [5.41, 5.74) is 25.8. The molecular weight excluding hydrogens is 1620 g/mol. The summed E-state index contributed by atoms with van der Waals surface area (Å²) in [4.78, 5) is 62.4. The predicted molar refractivity (Wildman–Crippen MR) is 547 cm³/mol. The Hall–Kier alpha value is -16.8. The maximum atomic E-state index is 4.28. The number of hydrogen-bond donors (Lipinski definition) is 0. The standard InChI is InChI=1S/7C10H9N.5C9H8N2/c1-8-4-2-6-10-9(8)5-3-7-11-10;1-8-4-2-5-9-6-3-7-11-10(8)9;1-8-2-3-10-7-11-5-4-9(10)6-8;1-8-4-5-10-9(7-8)3-2-6-11-10;1-8-4-5-9-3-2-6-11-10(9)7-8;1-8-3-2-4-9-7-11-6-5-10(8)9;1-8-3-2-4-9-5-6-11-7-10(8)9;1-7-2-3-8-5-10-6-11-9(8)4-7;1-7-2-3-8-9(6-7)11-5-4-10-8;1-7-2-3-8-4-5-10-11-9(8)6-7;1-7-4-5-8-3-2-6-10-9(8)11-7;1-7-5-9-8(11-6-7)3-2-4-10-9/h7*2-7H,1H3;5*2-6H,1H3. The highest BCUT2D eigenvalue weighted by Crippen LogP contribution is 2.22. The van der Waals surface area contributed by atoms with Gasteiger partial charge in [-0.15, -0.1) is 0 Å². The molecule has 648 valence electrons. The number of pyridine rings is 11. The van der Waals surface area contributed by atoms with Crippen molar-refractivity contribution in [2.45, 2.75) is 83.1 Å². The van der Waals surface area contributed by atoms with Crippen molar-refractivity contribution in [3.63, 3.8) is 0 Å². The van der Waals surface area contributed by atoms with Gasteiger partial charge < -0.3 is 0 Å². The molecular formula is C115H103N17. The Labute approximate surface area is 769 Å². The zero-order chi connectivity index (χ0) is 92.2. The average Bonchev–Trinajstić information content (AvgIpc) is 0.845. The van der Waals surface area contributed by atoms with Crippen molar-refractivity contribution in [2.24, 2.45) is 0 Å². The van der Waals surface area contributed by atoms with E-state index in [0.717, 1.165) is 88.2 Å². The number of hydrogen-bond acceptors (Lipinski definition) is 17. The summed E-state index contributed by atoms with van der Waals surface area (Å²) in [5, 5.41) is 23.5. The largest absolute Gasteiger partial charge is 0.264 e. The van der Waals surface area contributed by atoms with Gasteiger partial charge in [-0.1, -0.05) is 169 Å². The van der Waals surface area contributed by atoms with Crippen LogP contribution in [0.3, 0.4) is 0 Å². The molecule has 0 spiro atoms. The van der Waals surface area contributed by atoms with Crippen LogP contribution in [0.25, 0.3) is 131 Å². The van der Waals surface area contributed by atoms with E-state index in [9.17, 15) is 0 Å². The predicted octanol–water partition coefficient (Wildman–Crippen LogP) is 27.5. The molecule has 0 aliphatic carbocycles. The van der Waals surface area contributed by atoms with Crippen LogP contribution < -0.4 is 0 Å². The second kappa shape index (κ2) is 47.7. The van der Waals surface area contributed by atoms with Crippen LogP contribution in [0, 0.1) is 83.1 Å². The fourth-order valence-electron chi connectivity index (χ4n) is 14.0. The maximum Gasteiger partial charge on any atom is 0.159 e. The van der Waals surface area contributed by atoms with Gasteiger partial charge in [0.15, 0.2) is 5.65 Å². The van der Waals surface area contributed by atoms with Crippen LogP contribution in [0.4, 0.5) is 0 Å². The molecule has 0 bridgehead atoms. The van der Waals surface area contributed by atoms with E-state index < -0.39 is 0 Å². The molecule has 17 heteroatoms. The van der Waals surface area contributed by atoms with Crippen LogP contribution in [0.1, 0.15) is 66.9 Å². The first-order chi connectivity index (χ1) is 64.4. The fourth-order valence-corrected chi connectivity index (χ4v) is 14.0. The van der Waals surface area contributed by atoms with Crippen LogP contribution in [0.15, 0.2) is 409 Å². The van der Waals surface area contributed by atoms with Gasteiger partial charge >= 0.3 is 0 Å². The molecule has 0 radical (unpaired) electrons. The first kappa shape index (κ1) is 92.9. The second-order valence-corrected chi connectivity index (χ2v) is 31.5. The van der Waals surface area contributed by atoms with Crippen molar-refractivity contribution >= 4 is 131 Å². The van der Waals surface area contributed by atoms with Crippen molar-refractivity contribution in [3.8, 4) is 0 Å². The molecule has 0 saturated carbocycles. The molecule has 14 heterocycles. The molecule has 14 aromatic heterocycles. The molecule has 0 aliphatic rings. The van der Waals surface area contributed by atoms with Crippen LogP contribution in [0.5, 0.6) is 0 Å². The minimum absolute atomic E-state index is 0.826. The SMILES string of the molecule is Cc1ccc2cccnc2c1.Cc1ccc2cccnc2n1.Cc1ccc2ccnnc2c1.Cc1ccc2cnccc2c1.Cc1ccc2cncnc2c1.Cc1ccc2ncccc2c1.Cc1ccc2nccnc2c1.Cc1cccc2cccnc12.Cc1cccc2ccncc12.Cc1cccc2cnccc12.Cc1cccc2ncccc12.Cc1cnc2cccnc2c1. The Bertz CT molecular complexity index is 6600. The number of aryl methyl sites for hydroxylation is 12. The Morgan fingerprint density at radius 2 is 0.614 bits per heavy atom. The summed E-state index contributed by atoms with van der Waals surface area (Å²) < 4.78 is 0. The third-order valence-electron chi connectivity index (χ3n) is 21.0. The molecule has 0 amide bonds. The number of rotatable bonds is 0. The molecule has 132 heavy (non-hydrogen) atoms. The van der Waals surface area contributed by atoms with Gasteiger partial charge in [-0.3, -0.25) is 54.8 Å². The summed E-state index contributed by atoms with van der Waals surface area (Å²) in [7, 11) is 0. The van der Waals surface area contributed by atoms with Gasteiger partial charge in [0.05, 0.1) is 61.4 Å². The fraction of sp³-hybridized carbons (Fsp3) is 0.104. The molecule has 10 aromatic carbocycles. The molecule has 0 N–H and O–H groups in total. The molecule has 0 aliphatic heterocycles. The quantitative estimate of drug-likeness (QED) is 0.138. The zero-order valence-electron chi connectivity index (χ0n) is 76.3. The van der Waals surface area contributed by atoms with Crippen LogP contribution in [-0.2, 0) is 0 Å². The van der Waals surface area contributed by atoms with Crippen molar-refractivity contribution < 1.29 is 0 Å². The van der Waals surface area contributed by atoms with Gasteiger partial charge in [-0.2, -0.15) is 10.2 Å². The van der Waals surface area contributed by atoms with E-state index in [2.05, 4.69) is 298 Å². The lowest BCUT2D eigenvalue weighted by Crippen LogP contribution is -1.84. The normalized spacial score (nSPS) is 10.3. The molecule has 24 rings (SSSR count). The number of benzene rings is 10. The minimum Gasteiger partial charge on any atom is -0.264 e. The van der Waals surface area contributed by atoms with Gasteiger partial charge in [-0.05, 0) is 289 Å². The van der Waals surface area contributed by atoms with Gasteiger partial charge in [0, 0.05) is 159 Å². The molecule has 0 saturated heterocycles. The van der Waals surface area contributed by atoms with Crippen LogP contribution >= 0.6 is 0 Å². The lowest BCUT2D eigenvalue weighted by atomic mass is 10.1. The summed E-state index contributed by atoms with van der Waals surface area (Å²) in [5.74, 6) is 0. The topological polar surface area (TPSA) is 219 Å². The van der Waals surface area contributed by atoms with Gasteiger partial charge in [0.2, 0.25) is 0 Å². The highest BCUT2D eigenvalue weighted by Gasteiger charge is 2.03. The van der Waals surface area contributed by atoms with E-state index in [1.165, 1.54) is 109 Å². The Balaban J connectivity index is 0.000000122. The highest BCUT2D eigenvalue weighted by atomic mass is 15.1. The smallest absolute Gasteiger partial charge is 0.159 e. The van der Waals surface area contributed by atoms with Crippen molar-refractivity contribution in [2.75, 3.05) is 0 Å². The molecule has 17 nitrogen and oxygen atoms in total. The monoisotopic (exact) mass is 1720 g/mol. The zero-order valence-corrected chi connectivity index (χ0v) is 76.3. The van der Waals surface area contributed by atoms with E-state index in [1.807, 2.05) is 242 Å². The number of aromatic nitrogens is 17. The maximum absolute atomic E-state index is 4.28. The number of fused-ring (bicyclic) bond motifs is 12. The van der Waals surface area contributed by atoms with E-state index in [-0.39, 0.29) is 0 Å². The minimum atomic E-state index is 0.826. The van der Waals surface area contributed by atoms with Gasteiger partial charge in [0.25, 0.3) is 0 Å². The summed E-state index contributed by atoms with van der Waals surface area (Å²) >= 11 is 0. The summed E-state index contributed by atoms with van der Waals surface area (Å²) in [6.45, 7) is 24.8. The van der Waals surface area contributed by atoms with E-state index in [0.29, 0.717) is 0 Å². The van der Waals surface area contributed by atoms with Gasteiger partial charge in [0.1, 0.15) is 6.33 Å². The Kier molecular flexibility index (Phi) is 33.5.